The molecule has 2 heterocycles. The molecule has 1 unspecified atom stereocenters. The molecule has 0 bridgehead atoms. The summed E-state index contributed by atoms with van der Waals surface area (Å²) < 4.78 is 1.20. The summed E-state index contributed by atoms with van der Waals surface area (Å²) in [6.07, 6.45) is 1.68. The van der Waals surface area contributed by atoms with Gasteiger partial charge in [-0.25, -0.2) is 4.68 Å². The molecule has 6 nitrogen and oxygen atoms in total. The van der Waals surface area contributed by atoms with Gasteiger partial charge in [0.2, 0.25) is 5.91 Å². The third-order valence-electron chi connectivity index (χ3n) is 4.53. The lowest BCUT2D eigenvalue weighted by Crippen LogP contribution is -2.33. The number of nitrogens with one attached hydrogen (secondary N) is 1. The molecule has 4 rings (SSSR count). The second-order valence-corrected chi connectivity index (χ2v) is 6.41. The van der Waals surface area contributed by atoms with E-state index in [1.165, 1.54) is 10.7 Å². The Morgan fingerprint density at radius 1 is 0.964 bits per heavy atom. The molecule has 0 aliphatic heterocycles. The van der Waals surface area contributed by atoms with Crippen LogP contribution >= 0.6 is 0 Å². The van der Waals surface area contributed by atoms with Crippen LogP contribution in [0.3, 0.4) is 0 Å². The fourth-order valence-electron chi connectivity index (χ4n) is 3.02. The van der Waals surface area contributed by atoms with Crippen molar-refractivity contribution in [2.75, 3.05) is 5.32 Å². The van der Waals surface area contributed by atoms with Crippen molar-refractivity contribution >= 4 is 22.5 Å². The second kappa shape index (κ2) is 7.44. The van der Waals surface area contributed by atoms with Crippen LogP contribution in [0.5, 0.6) is 0 Å². The van der Waals surface area contributed by atoms with Crippen molar-refractivity contribution in [3.63, 3.8) is 0 Å². The van der Waals surface area contributed by atoms with E-state index in [0.29, 0.717) is 16.9 Å². The summed E-state index contributed by atoms with van der Waals surface area (Å²) in [4.78, 5) is 29.5. The predicted octanol–water partition coefficient (Wildman–Crippen LogP) is 3.66. The van der Waals surface area contributed by atoms with Gasteiger partial charge in [-0.2, -0.15) is 5.10 Å². The third-order valence-corrected chi connectivity index (χ3v) is 4.53. The van der Waals surface area contributed by atoms with Gasteiger partial charge in [-0.15, -0.1) is 0 Å². The Kier molecular flexibility index (Phi) is 4.68. The van der Waals surface area contributed by atoms with Crippen molar-refractivity contribution in [2.24, 2.45) is 0 Å². The largest absolute Gasteiger partial charge is 0.322 e. The minimum atomic E-state index is -0.782. The molecule has 0 saturated heterocycles. The smallest absolute Gasteiger partial charge is 0.267 e. The van der Waals surface area contributed by atoms with Crippen LogP contribution in [0.1, 0.15) is 13.0 Å². The highest BCUT2D eigenvalue weighted by molar-refractivity contribution is 6.01. The number of benzene rings is 2. The van der Waals surface area contributed by atoms with E-state index in [0.717, 1.165) is 10.9 Å². The topological polar surface area (TPSA) is 76.9 Å². The molecule has 0 spiro atoms. The van der Waals surface area contributed by atoms with Gasteiger partial charge in [-0.3, -0.25) is 14.6 Å². The molecular weight excluding hydrogens is 352 g/mol. The number of para-hydroxylation sites is 1. The first kappa shape index (κ1) is 17.6. The molecule has 4 aromatic rings. The van der Waals surface area contributed by atoms with Crippen LogP contribution in [0.25, 0.3) is 22.2 Å². The zero-order chi connectivity index (χ0) is 19.5. The maximum Gasteiger partial charge on any atom is 0.267 e. The second-order valence-electron chi connectivity index (χ2n) is 6.41. The fourth-order valence-corrected chi connectivity index (χ4v) is 3.02. The number of nitrogens with zero attached hydrogens (tertiary/aromatic N) is 3. The van der Waals surface area contributed by atoms with Crippen molar-refractivity contribution < 1.29 is 4.79 Å². The molecule has 2 aromatic carbocycles. The fraction of sp³-hybridized carbons (Fsp3) is 0.0909. The molecule has 138 valence electrons. The van der Waals surface area contributed by atoms with E-state index >= 15 is 0 Å². The maximum absolute atomic E-state index is 12.8. The Bertz CT molecular complexity index is 1200. The van der Waals surface area contributed by atoms with Gasteiger partial charge in [0.25, 0.3) is 5.56 Å². The quantitative estimate of drug-likeness (QED) is 0.595. The van der Waals surface area contributed by atoms with Crippen LogP contribution in [-0.4, -0.2) is 20.7 Å². The first-order valence-corrected chi connectivity index (χ1v) is 8.93. The minimum absolute atomic E-state index is 0.335. The Morgan fingerprint density at radius 3 is 2.57 bits per heavy atom. The molecule has 0 saturated carbocycles. The molecule has 1 amide bonds. The number of carbonyl (C=O) groups excluding carboxylic acids is 1. The number of hydrogen-bond acceptors (Lipinski definition) is 4. The Balaban J connectivity index is 1.65. The third kappa shape index (κ3) is 3.40. The number of carbonyl (C=O) groups is 1. The lowest BCUT2D eigenvalue weighted by Gasteiger charge is -2.15. The minimum Gasteiger partial charge on any atom is -0.322 e. The van der Waals surface area contributed by atoms with Crippen molar-refractivity contribution in [3.8, 4) is 11.3 Å². The number of aromatic nitrogens is 3. The molecule has 0 fully saturated rings. The van der Waals surface area contributed by atoms with E-state index in [1.54, 1.807) is 25.3 Å². The summed E-state index contributed by atoms with van der Waals surface area (Å²) in [5, 5.41) is 8.19. The summed E-state index contributed by atoms with van der Waals surface area (Å²) in [7, 11) is 0. The Labute approximate surface area is 161 Å². The predicted molar refractivity (Wildman–Crippen MR) is 109 cm³/mol. The summed E-state index contributed by atoms with van der Waals surface area (Å²) in [6, 6.07) is 21.2. The van der Waals surface area contributed by atoms with Gasteiger partial charge in [0.05, 0.1) is 16.9 Å². The van der Waals surface area contributed by atoms with E-state index in [-0.39, 0.29) is 11.5 Å². The molecule has 0 aliphatic rings. The summed E-state index contributed by atoms with van der Waals surface area (Å²) in [5.41, 5.74) is 2.47. The highest BCUT2D eigenvalue weighted by atomic mass is 16.2. The van der Waals surface area contributed by atoms with E-state index < -0.39 is 6.04 Å². The first-order chi connectivity index (χ1) is 13.6. The summed E-state index contributed by atoms with van der Waals surface area (Å²) in [6.45, 7) is 1.65. The number of amides is 1. The SMILES string of the molecule is CC(C(=O)Nc1cccc2cccnc12)n1nc(-c2ccccc2)ccc1=O. The van der Waals surface area contributed by atoms with Crippen molar-refractivity contribution in [3.05, 3.63) is 89.3 Å². The van der Waals surface area contributed by atoms with Gasteiger partial charge < -0.3 is 5.32 Å². The number of fused-ring (bicyclic) bond motifs is 1. The van der Waals surface area contributed by atoms with Crippen LogP contribution in [0.2, 0.25) is 0 Å². The average molecular weight is 370 g/mol. The molecule has 1 N–H and O–H groups in total. The van der Waals surface area contributed by atoms with E-state index in [9.17, 15) is 9.59 Å². The average Bonchev–Trinajstić information content (AvgIpc) is 2.74. The number of rotatable bonds is 4. The molecule has 0 radical (unpaired) electrons. The van der Waals surface area contributed by atoms with Crippen LogP contribution in [-0.2, 0) is 4.79 Å². The van der Waals surface area contributed by atoms with Crippen molar-refractivity contribution in [1.82, 2.24) is 14.8 Å². The van der Waals surface area contributed by atoms with Gasteiger partial charge in [0.1, 0.15) is 6.04 Å². The first-order valence-electron chi connectivity index (χ1n) is 8.93. The zero-order valence-corrected chi connectivity index (χ0v) is 15.2. The number of anilines is 1. The van der Waals surface area contributed by atoms with Gasteiger partial charge >= 0.3 is 0 Å². The molecule has 1 atom stereocenters. The summed E-state index contributed by atoms with van der Waals surface area (Å²) >= 11 is 0. The van der Waals surface area contributed by atoms with Gasteiger partial charge in [0.15, 0.2) is 0 Å². The normalized spacial score (nSPS) is 11.9. The van der Waals surface area contributed by atoms with E-state index in [1.807, 2.05) is 54.6 Å². The monoisotopic (exact) mass is 370 g/mol. The highest BCUT2D eigenvalue weighted by Gasteiger charge is 2.19. The number of hydrogen-bond donors (Lipinski definition) is 1. The number of pyridine rings is 1. The van der Waals surface area contributed by atoms with Gasteiger partial charge in [-0.05, 0) is 25.1 Å². The van der Waals surface area contributed by atoms with Gasteiger partial charge in [-0.1, -0.05) is 48.5 Å². The van der Waals surface area contributed by atoms with Crippen molar-refractivity contribution in [2.45, 2.75) is 13.0 Å². The molecule has 0 aliphatic carbocycles. The summed E-state index contributed by atoms with van der Waals surface area (Å²) in [5.74, 6) is -0.335. The maximum atomic E-state index is 12.8. The van der Waals surface area contributed by atoms with Crippen molar-refractivity contribution in [1.29, 1.82) is 0 Å². The van der Waals surface area contributed by atoms with Crippen LogP contribution in [0.15, 0.2) is 83.8 Å². The Hall–Kier alpha value is -3.80. The van der Waals surface area contributed by atoms with Crippen LogP contribution in [0.4, 0.5) is 5.69 Å². The van der Waals surface area contributed by atoms with E-state index in [2.05, 4.69) is 15.4 Å². The van der Waals surface area contributed by atoms with E-state index in [4.69, 9.17) is 0 Å². The van der Waals surface area contributed by atoms with Gasteiger partial charge in [0, 0.05) is 23.2 Å². The van der Waals surface area contributed by atoms with Crippen LogP contribution in [0, 0.1) is 0 Å². The highest BCUT2D eigenvalue weighted by Crippen LogP contribution is 2.22. The lowest BCUT2D eigenvalue weighted by molar-refractivity contribution is -0.119. The molecule has 6 heteroatoms. The zero-order valence-electron chi connectivity index (χ0n) is 15.2. The molecule has 2 aromatic heterocycles. The lowest BCUT2D eigenvalue weighted by atomic mass is 10.1. The Morgan fingerprint density at radius 2 is 1.75 bits per heavy atom. The van der Waals surface area contributed by atoms with Crippen LogP contribution < -0.4 is 10.9 Å². The molecular formula is C22H18N4O2. The molecule has 28 heavy (non-hydrogen) atoms. The standard InChI is InChI=1S/C22H18N4O2/c1-15(22(28)24-19-11-5-9-17-10-6-14-23-21(17)19)26-20(27)13-12-18(25-26)16-7-3-2-4-8-16/h2-15H,1H3,(H,24,28).